The van der Waals surface area contributed by atoms with E-state index in [-0.39, 0.29) is 31.0 Å². The van der Waals surface area contributed by atoms with Crippen LogP contribution in [0.3, 0.4) is 0 Å². The van der Waals surface area contributed by atoms with E-state index in [1.165, 1.54) is 38.5 Å². The number of rotatable bonds is 1. The van der Waals surface area contributed by atoms with Crippen LogP contribution in [-0.4, -0.2) is 0 Å². The van der Waals surface area contributed by atoms with Gasteiger partial charge in [0.1, 0.15) is 0 Å². The van der Waals surface area contributed by atoms with Crippen LogP contribution in [0.25, 0.3) is 0 Å². The molecular formula is C8H17Na. The van der Waals surface area contributed by atoms with Crippen molar-refractivity contribution in [3.8, 4) is 0 Å². The molecule has 1 aliphatic carbocycles. The van der Waals surface area contributed by atoms with Gasteiger partial charge in [-0.2, -0.15) is 0 Å². The first-order valence-electron chi connectivity index (χ1n) is 3.93. The molecule has 0 spiro atoms. The minimum absolute atomic E-state index is 0. The van der Waals surface area contributed by atoms with Gasteiger partial charge in [0.05, 0.1) is 0 Å². The Kier molecular flexibility index (Phi) is 6.40. The molecule has 0 aromatic carbocycles. The third-order valence-electron chi connectivity index (χ3n) is 2.30. The number of hydrogen-bond acceptors (Lipinski definition) is 0. The van der Waals surface area contributed by atoms with Crippen molar-refractivity contribution >= 4 is 0 Å². The third kappa shape index (κ3) is 3.64. The van der Waals surface area contributed by atoms with Crippen molar-refractivity contribution in [3.05, 3.63) is 0 Å². The molecule has 0 heterocycles. The summed E-state index contributed by atoms with van der Waals surface area (Å²) in [6, 6.07) is 0. The molecule has 0 atom stereocenters. The van der Waals surface area contributed by atoms with Gasteiger partial charge in [-0.05, 0) is 5.92 Å². The van der Waals surface area contributed by atoms with E-state index < -0.39 is 0 Å². The molecule has 0 saturated heterocycles. The summed E-state index contributed by atoms with van der Waals surface area (Å²) in [5, 5.41) is 0. The van der Waals surface area contributed by atoms with Gasteiger partial charge in [0.25, 0.3) is 0 Å². The summed E-state index contributed by atoms with van der Waals surface area (Å²) in [5.41, 5.74) is 0. The maximum atomic E-state index is 2.32. The predicted molar refractivity (Wildman–Crippen MR) is 38.0 cm³/mol. The molecule has 0 aromatic heterocycles. The molecule has 0 radical (unpaired) electrons. The Bertz CT molecular complexity index is 60.3. The van der Waals surface area contributed by atoms with E-state index in [2.05, 4.69) is 6.92 Å². The van der Waals surface area contributed by atoms with Crippen molar-refractivity contribution in [1.29, 1.82) is 0 Å². The van der Waals surface area contributed by atoms with E-state index in [9.17, 15) is 0 Å². The second-order valence-corrected chi connectivity index (χ2v) is 2.91. The van der Waals surface area contributed by atoms with Crippen molar-refractivity contribution in [2.75, 3.05) is 0 Å². The second kappa shape index (κ2) is 5.76. The van der Waals surface area contributed by atoms with Crippen LogP contribution in [0.5, 0.6) is 0 Å². The summed E-state index contributed by atoms with van der Waals surface area (Å²) in [6.07, 6.45) is 8.93. The van der Waals surface area contributed by atoms with E-state index in [1.807, 2.05) is 0 Å². The Balaban J connectivity index is 0. The van der Waals surface area contributed by atoms with Gasteiger partial charge < -0.3 is 1.43 Å². The topological polar surface area (TPSA) is 0 Å². The molecule has 1 fully saturated rings. The van der Waals surface area contributed by atoms with Crippen LogP contribution in [-0.2, 0) is 0 Å². The average molecular weight is 136 g/mol. The van der Waals surface area contributed by atoms with Gasteiger partial charge in [-0.1, -0.05) is 45.4 Å². The molecule has 0 aromatic rings. The standard InChI is InChI=1S/C8H16.Na.H/c1-2-8-6-4-3-5-7-8;;/h8H,2-7H2,1H3;;/q;+1;-1. The van der Waals surface area contributed by atoms with Gasteiger partial charge >= 0.3 is 29.6 Å². The monoisotopic (exact) mass is 136 g/mol. The fourth-order valence-corrected chi connectivity index (χ4v) is 1.60. The van der Waals surface area contributed by atoms with E-state index in [0.29, 0.717) is 0 Å². The molecule has 1 aliphatic rings. The summed E-state index contributed by atoms with van der Waals surface area (Å²) in [7, 11) is 0. The molecule has 1 rings (SSSR count). The molecule has 0 aliphatic heterocycles. The van der Waals surface area contributed by atoms with Gasteiger partial charge in [-0.25, -0.2) is 0 Å². The van der Waals surface area contributed by atoms with Crippen molar-refractivity contribution in [3.63, 3.8) is 0 Å². The summed E-state index contributed by atoms with van der Waals surface area (Å²) >= 11 is 0. The molecular weight excluding hydrogens is 119 g/mol. The minimum atomic E-state index is 0. The summed E-state index contributed by atoms with van der Waals surface area (Å²) in [5.74, 6) is 1.09. The molecule has 1 heteroatoms. The Morgan fingerprint density at radius 1 is 1.22 bits per heavy atom. The zero-order chi connectivity index (χ0) is 5.82. The minimum Gasteiger partial charge on any atom is -1.00 e. The van der Waals surface area contributed by atoms with E-state index in [0.717, 1.165) is 5.92 Å². The maximum absolute atomic E-state index is 2.32. The van der Waals surface area contributed by atoms with E-state index >= 15 is 0 Å². The smallest absolute Gasteiger partial charge is 1.00 e. The Hall–Kier alpha value is 1.00. The SMILES string of the molecule is CCC1CCCCC1.[H-].[Na+]. The van der Waals surface area contributed by atoms with Gasteiger partial charge in [-0.3, -0.25) is 0 Å². The second-order valence-electron chi connectivity index (χ2n) is 2.91. The van der Waals surface area contributed by atoms with Crippen molar-refractivity contribution in [2.45, 2.75) is 45.4 Å². The fourth-order valence-electron chi connectivity index (χ4n) is 1.60. The van der Waals surface area contributed by atoms with Gasteiger partial charge in [-0.15, -0.1) is 0 Å². The van der Waals surface area contributed by atoms with Gasteiger partial charge in [0.2, 0.25) is 0 Å². The number of hydrogen-bond donors (Lipinski definition) is 0. The Morgan fingerprint density at radius 3 is 2.11 bits per heavy atom. The molecule has 9 heavy (non-hydrogen) atoms. The quantitative estimate of drug-likeness (QED) is 0.448. The molecule has 0 N–H and O–H groups in total. The fraction of sp³-hybridized carbons (Fsp3) is 1.00. The Labute approximate surface area is 82.2 Å². The van der Waals surface area contributed by atoms with Gasteiger partial charge in [0, 0.05) is 0 Å². The van der Waals surface area contributed by atoms with Crippen molar-refractivity contribution in [1.82, 2.24) is 0 Å². The van der Waals surface area contributed by atoms with E-state index in [1.54, 1.807) is 0 Å². The molecule has 0 bridgehead atoms. The van der Waals surface area contributed by atoms with Crippen LogP contribution in [0.1, 0.15) is 46.9 Å². The first kappa shape index (κ1) is 10.0. The van der Waals surface area contributed by atoms with Crippen LogP contribution in [0, 0.1) is 5.92 Å². The summed E-state index contributed by atoms with van der Waals surface area (Å²) in [4.78, 5) is 0. The van der Waals surface area contributed by atoms with Crippen molar-refractivity contribution < 1.29 is 31.0 Å². The first-order chi connectivity index (χ1) is 3.93. The summed E-state index contributed by atoms with van der Waals surface area (Å²) < 4.78 is 0. The molecule has 50 valence electrons. The predicted octanol–water partition coefficient (Wildman–Crippen LogP) is 0.0932. The molecule has 1 saturated carbocycles. The largest absolute Gasteiger partial charge is 1.00 e. The summed E-state index contributed by atoms with van der Waals surface area (Å²) in [6.45, 7) is 2.32. The normalized spacial score (nSPS) is 21.0. The van der Waals surface area contributed by atoms with Crippen LogP contribution >= 0.6 is 0 Å². The first-order valence-corrected chi connectivity index (χ1v) is 3.93. The van der Waals surface area contributed by atoms with E-state index in [4.69, 9.17) is 0 Å². The third-order valence-corrected chi connectivity index (χ3v) is 2.30. The molecule has 0 amide bonds. The molecule has 0 unspecified atom stereocenters. The van der Waals surface area contributed by atoms with Crippen molar-refractivity contribution in [2.24, 2.45) is 5.92 Å². The Morgan fingerprint density at radius 2 is 1.78 bits per heavy atom. The van der Waals surface area contributed by atoms with Crippen LogP contribution in [0.15, 0.2) is 0 Å². The zero-order valence-corrected chi connectivity index (χ0v) is 8.82. The maximum Gasteiger partial charge on any atom is 1.00 e. The van der Waals surface area contributed by atoms with Crippen LogP contribution < -0.4 is 29.6 Å². The van der Waals surface area contributed by atoms with Gasteiger partial charge in [0.15, 0.2) is 0 Å². The zero-order valence-electron chi connectivity index (χ0n) is 7.82. The van der Waals surface area contributed by atoms with Crippen LogP contribution in [0.2, 0.25) is 0 Å². The molecule has 0 nitrogen and oxygen atoms in total. The van der Waals surface area contributed by atoms with Crippen LogP contribution in [0.4, 0.5) is 0 Å². The average Bonchev–Trinajstić information content (AvgIpc) is 1.90.